The van der Waals surface area contributed by atoms with Crippen LogP contribution in [-0.4, -0.2) is 55.3 Å². The molecule has 0 radical (unpaired) electrons. The molecule has 0 saturated carbocycles. The van der Waals surface area contributed by atoms with Crippen LogP contribution in [0.25, 0.3) is 0 Å². The minimum absolute atomic E-state index is 0. The number of hydrogen-bond acceptors (Lipinski definition) is 1. The first-order valence-corrected chi connectivity index (χ1v) is 0.996. The van der Waals surface area contributed by atoms with Crippen molar-refractivity contribution in [1.82, 2.24) is 0 Å². The van der Waals surface area contributed by atoms with E-state index in [4.69, 9.17) is 5.11 Å². The molecule has 0 amide bonds. The molecule has 5 heteroatoms. The Morgan fingerprint density at radius 3 is 1.29 bits per heavy atom. The Bertz CT molecular complexity index is 12.9. The third kappa shape index (κ3) is 107. The van der Waals surface area contributed by atoms with E-state index in [-0.39, 0.29) is 67.7 Å². The molecule has 0 aliphatic rings. The van der Waals surface area contributed by atoms with E-state index >= 15 is 0 Å². The third-order valence-corrected chi connectivity index (χ3v) is 0. The van der Waals surface area contributed by atoms with Crippen LogP contribution < -0.4 is 17.5 Å². The van der Waals surface area contributed by atoms with Crippen molar-refractivity contribution in [3.63, 3.8) is 0 Å². The van der Waals surface area contributed by atoms with Gasteiger partial charge >= 0.3 is 37.7 Å². The van der Waals surface area contributed by atoms with Crippen molar-refractivity contribution >= 4 is 37.7 Å². The van der Waals surface area contributed by atoms with Crippen LogP contribution in [-0.2, 0) is 0 Å². The molecule has 3 nitrogen and oxygen atoms in total. The largest absolute Gasteiger partial charge is 2.00 e. The smallest absolute Gasteiger partial charge is 1.00 e. The summed E-state index contributed by atoms with van der Waals surface area (Å²) in [4.78, 5) is 0. The van der Waals surface area contributed by atoms with Crippen LogP contribution in [0.15, 0.2) is 0 Å². The molecule has 0 bridgehead atoms. The van der Waals surface area contributed by atoms with E-state index in [2.05, 4.69) is 0 Å². The zero-order valence-electron chi connectivity index (χ0n) is 4.20. The average Bonchev–Trinajstić information content (AvgIpc) is 0.918. The van der Waals surface area contributed by atoms with Gasteiger partial charge in [-0.05, 0) is 0 Å². The van der Waals surface area contributed by atoms with E-state index in [1.807, 2.05) is 0 Å². The molecule has 0 rings (SSSR count). The fourth-order valence-electron chi connectivity index (χ4n) is 0. The van der Waals surface area contributed by atoms with Gasteiger partial charge in [0.15, 0.2) is 0 Å². The summed E-state index contributed by atoms with van der Waals surface area (Å²) in [6.45, 7) is 1.57. The maximum absolute atomic E-state index is 8.93. The molecule has 0 spiro atoms. The molecule has 0 heterocycles. The standard InChI is InChI=1S/C2H5O.Ca.ClH.2H2O/c1-2-3;;;;/h2H2,1H3;;1H;2*1H2/q-1;+2;;;/p-1. The zero-order valence-corrected chi connectivity index (χ0v) is 7.16. The summed E-state index contributed by atoms with van der Waals surface area (Å²) >= 11 is 0. The van der Waals surface area contributed by atoms with Gasteiger partial charge in [0, 0.05) is 0 Å². The van der Waals surface area contributed by atoms with Crippen LogP contribution in [0.3, 0.4) is 0 Å². The van der Waals surface area contributed by atoms with Crippen molar-refractivity contribution < 1.29 is 28.5 Å². The zero-order chi connectivity index (χ0) is 2.71. The topological polar surface area (TPSA) is 86.1 Å². The second-order valence-electron chi connectivity index (χ2n) is 0.289. The van der Waals surface area contributed by atoms with Crippen molar-refractivity contribution in [2.24, 2.45) is 0 Å². The quantitative estimate of drug-likeness (QED) is 0.322. The summed E-state index contributed by atoms with van der Waals surface area (Å²) in [7, 11) is 0. The minimum Gasteiger partial charge on any atom is -1.00 e. The molecule has 0 aromatic carbocycles. The normalized spacial score (nSPS) is 2.57. The molecule has 0 unspecified atom stereocenters. The molecule has 4 N–H and O–H groups in total. The Hall–Kier alpha value is 1.43. The van der Waals surface area contributed by atoms with Crippen molar-refractivity contribution in [3.8, 4) is 0 Å². The molecular formula is C2H9CaClO3. The first-order chi connectivity index (χ1) is 1.41. The summed E-state index contributed by atoms with van der Waals surface area (Å²) in [6.07, 6.45) is 0. The molecular weight excluding hydrogens is 148 g/mol. The summed E-state index contributed by atoms with van der Waals surface area (Å²) in [5.74, 6) is 0. The molecule has 0 aromatic rings. The van der Waals surface area contributed by atoms with Crippen LogP contribution in [0.2, 0.25) is 0 Å². The van der Waals surface area contributed by atoms with Gasteiger partial charge < -0.3 is 28.5 Å². The van der Waals surface area contributed by atoms with E-state index in [9.17, 15) is 0 Å². The first-order valence-electron chi connectivity index (χ1n) is 0.996. The Labute approximate surface area is 79.1 Å². The van der Waals surface area contributed by atoms with Gasteiger partial charge in [-0.3, -0.25) is 0 Å². The van der Waals surface area contributed by atoms with Crippen molar-refractivity contribution in [3.05, 3.63) is 0 Å². The van der Waals surface area contributed by atoms with Gasteiger partial charge in [0.1, 0.15) is 0 Å². The van der Waals surface area contributed by atoms with Crippen LogP contribution in [0.5, 0.6) is 0 Å². The average molecular weight is 157 g/mol. The second-order valence-corrected chi connectivity index (χ2v) is 0.289. The minimum atomic E-state index is 0. The van der Waals surface area contributed by atoms with Crippen molar-refractivity contribution in [2.75, 3.05) is 6.61 Å². The molecule has 0 atom stereocenters. The van der Waals surface area contributed by atoms with Gasteiger partial charge in [0.25, 0.3) is 0 Å². The molecule has 44 valence electrons. The van der Waals surface area contributed by atoms with E-state index < -0.39 is 0 Å². The van der Waals surface area contributed by atoms with Crippen molar-refractivity contribution in [1.29, 1.82) is 0 Å². The fourth-order valence-corrected chi connectivity index (χ4v) is 0. The Balaban J connectivity index is -0.00000000333. The van der Waals surface area contributed by atoms with Gasteiger partial charge in [-0.1, -0.05) is 6.92 Å². The monoisotopic (exact) mass is 156 g/mol. The van der Waals surface area contributed by atoms with Gasteiger partial charge in [-0.2, -0.15) is 0 Å². The molecule has 0 aliphatic carbocycles. The maximum atomic E-state index is 8.93. The summed E-state index contributed by atoms with van der Waals surface area (Å²) < 4.78 is 0. The third-order valence-electron chi connectivity index (χ3n) is 0. The predicted octanol–water partition coefficient (Wildman–Crippen LogP) is -5.66. The first kappa shape index (κ1) is 39.6. The van der Waals surface area contributed by atoms with E-state index in [1.54, 1.807) is 6.92 Å². The SMILES string of the molecule is CC[O-].O.O.[Ca+2].[Cl-]. The molecule has 0 aliphatic heterocycles. The fraction of sp³-hybridized carbons (Fsp3) is 1.00. The van der Waals surface area contributed by atoms with Gasteiger partial charge in [-0.25, -0.2) is 0 Å². The molecule has 0 aromatic heterocycles. The summed E-state index contributed by atoms with van der Waals surface area (Å²) in [5.41, 5.74) is 0. The van der Waals surface area contributed by atoms with Crippen molar-refractivity contribution in [2.45, 2.75) is 6.92 Å². The van der Waals surface area contributed by atoms with Crippen LogP contribution in [0, 0.1) is 0 Å². The van der Waals surface area contributed by atoms with Gasteiger partial charge in [0.05, 0.1) is 0 Å². The second kappa shape index (κ2) is 52.0. The van der Waals surface area contributed by atoms with Gasteiger partial charge in [-0.15, -0.1) is 6.61 Å². The van der Waals surface area contributed by atoms with Gasteiger partial charge in [0.2, 0.25) is 0 Å². The predicted molar refractivity (Wildman–Crippen MR) is 23.5 cm³/mol. The summed E-state index contributed by atoms with van der Waals surface area (Å²) in [6, 6.07) is 0. The number of halogens is 1. The number of rotatable bonds is 0. The Morgan fingerprint density at radius 2 is 1.29 bits per heavy atom. The van der Waals surface area contributed by atoms with Crippen LogP contribution in [0.4, 0.5) is 0 Å². The maximum Gasteiger partial charge on any atom is 2.00 e. The van der Waals surface area contributed by atoms with E-state index in [0.717, 1.165) is 0 Å². The van der Waals surface area contributed by atoms with Crippen LogP contribution >= 0.6 is 0 Å². The molecule has 0 fully saturated rings. The molecule has 0 saturated heterocycles. The Morgan fingerprint density at radius 1 is 1.29 bits per heavy atom. The number of hydrogen-bond donors (Lipinski definition) is 0. The van der Waals surface area contributed by atoms with Crippen LogP contribution in [0.1, 0.15) is 6.92 Å². The van der Waals surface area contributed by atoms with E-state index in [1.165, 1.54) is 0 Å². The Kier molecular flexibility index (Phi) is 294. The molecule has 7 heavy (non-hydrogen) atoms. The van der Waals surface area contributed by atoms with E-state index in [0.29, 0.717) is 0 Å². The summed E-state index contributed by atoms with van der Waals surface area (Å²) in [5, 5.41) is 8.93.